The number of rotatable bonds is 10. The molecule has 0 amide bonds. The summed E-state index contributed by atoms with van der Waals surface area (Å²) in [5.41, 5.74) is 1.07. The van der Waals surface area contributed by atoms with Gasteiger partial charge >= 0.3 is 5.97 Å². The van der Waals surface area contributed by atoms with E-state index in [1.807, 2.05) is 6.07 Å². The number of benzene rings is 3. The number of ether oxygens (including phenoxy) is 4. The average molecular weight is 502 g/mol. The molecule has 0 spiro atoms. The number of Topliss-reactive ketones (excluding diaryl/α,β-unsaturated/α-hetero) is 1. The molecule has 0 unspecified atom stereocenters. The Labute approximate surface area is 212 Å². The molecule has 37 heavy (non-hydrogen) atoms. The van der Waals surface area contributed by atoms with Crippen molar-refractivity contribution in [2.75, 3.05) is 21.3 Å². The van der Waals surface area contributed by atoms with Gasteiger partial charge < -0.3 is 18.9 Å². The first-order valence-electron chi connectivity index (χ1n) is 10.8. The molecule has 0 heterocycles. The molecule has 3 aromatic carbocycles. The van der Waals surface area contributed by atoms with Gasteiger partial charge in [-0.3, -0.25) is 14.9 Å². The van der Waals surface area contributed by atoms with Gasteiger partial charge in [0.15, 0.2) is 17.3 Å². The predicted octanol–water partition coefficient (Wildman–Crippen LogP) is 4.56. The van der Waals surface area contributed by atoms with E-state index in [0.717, 1.165) is 0 Å². The third-order valence-electron chi connectivity index (χ3n) is 5.23. The Morgan fingerprint density at radius 3 is 2.03 bits per heavy atom. The Bertz CT molecular complexity index is 1360. The SMILES string of the molecule is COc1cc(/C=C(\C#N)C(=O)Cc2ccc(OC(=O)c3ccc([N+](=O)[O-])cc3)cc2)cc(OC)c1OC. The van der Waals surface area contributed by atoms with Crippen molar-refractivity contribution in [3.05, 3.63) is 93.0 Å². The van der Waals surface area contributed by atoms with Gasteiger partial charge in [0.25, 0.3) is 5.69 Å². The molecule has 10 nitrogen and oxygen atoms in total. The summed E-state index contributed by atoms with van der Waals surface area (Å²) in [5, 5.41) is 20.3. The number of nitro benzene ring substituents is 1. The van der Waals surface area contributed by atoms with E-state index in [9.17, 15) is 25.0 Å². The van der Waals surface area contributed by atoms with Crippen molar-refractivity contribution in [3.8, 4) is 29.1 Å². The minimum Gasteiger partial charge on any atom is -0.493 e. The Morgan fingerprint density at radius 1 is 0.946 bits per heavy atom. The van der Waals surface area contributed by atoms with Crippen molar-refractivity contribution in [2.24, 2.45) is 0 Å². The molecule has 0 fully saturated rings. The molecule has 10 heteroatoms. The van der Waals surface area contributed by atoms with E-state index in [0.29, 0.717) is 28.4 Å². The zero-order valence-electron chi connectivity index (χ0n) is 20.2. The standard InChI is InChI=1S/C27H22N2O8/c1-34-24-14-18(15-25(35-2)26(24)36-3)12-20(16-28)23(30)13-17-4-10-22(11-5-17)37-27(31)19-6-8-21(9-7-19)29(32)33/h4-12,14-15H,13H2,1-3H3/b20-12+. The van der Waals surface area contributed by atoms with Crippen molar-refractivity contribution in [1.29, 1.82) is 5.26 Å². The van der Waals surface area contributed by atoms with E-state index in [1.165, 1.54) is 63.8 Å². The third kappa shape index (κ3) is 6.49. The van der Waals surface area contributed by atoms with Crippen molar-refractivity contribution >= 4 is 23.5 Å². The first kappa shape index (κ1) is 26.4. The molecule has 188 valence electrons. The van der Waals surface area contributed by atoms with E-state index >= 15 is 0 Å². The summed E-state index contributed by atoms with van der Waals surface area (Å²) in [4.78, 5) is 35.2. The van der Waals surface area contributed by atoms with Gasteiger partial charge in [-0.05, 0) is 53.6 Å². The van der Waals surface area contributed by atoms with Crippen molar-refractivity contribution in [1.82, 2.24) is 0 Å². The molecule has 0 N–H and O–H groups in total. The highest BCUT2D eigenvalue weighted by atomic mass is 16.6. The summed E-state index contributed by atoms with van der Waals surface area (Å²) in [7, 11) is 4.41. The number of allylic oxidation sites excluding steroid dienone is 1. The summed E-state index contributed by atoms with van der Waals surface area (Å²) in [6.07, 6.45) is 1.38. The number of carbonyl (C=O) groups is 2. The molecule has 3 aromatic rings. The number of hydrogen-bond donors (Lipinski definition) is 0. The molecule has 0 saturated heterocycles. The molecule has 0 aromatic heterocycles. The molecule has 0 saturated carbocycles. The Morgan fingerprint density at radius 2 is 1.54 bits per heavy atom. The van der Waals surface area contributed by atoms with Gasteiger partial charge in [-0.1, -0.05) is 12.1 Å². The van der Waals surface area contributed by atoms with E-state index < -0.39 is 16.7 Å². The number of nitro groups is 1. The molecular weight excluding hydrogens is 480 g/mol. The molecule has 0 aliphatic carbocycles. The quantitative estimate of drug-likeness (QED) is 0.0975. The van der Waals surface area contributed by atoms with E-state index in [2.05, 4.69) is 0 Å². The summed E-state index contributed by atoms with van der Waals surface area (Å²) in [5.74, 6) is 0.299. The Hall–Kier alpha value is -5.17. The largest absolute Gasteiger partial charge is 0.493 e. The maximum atomic E-state index is 12.8. The van der Waals surface area contributed by atoms with Crippen molar-refractivity contribution in [3.63, 3.8) is 0 Å². The summed E-state index contributed by atoms with van der Waals surface area (Å²) in [6.45, 7) is 0. The van der Waals surface area contributed by atoms with Gasteiger partial charge in [-0.2, -0.15) is 5.26 Å². The van der Waals surface area contributed by atoms with E-state index in [1.54, 1.807) is 24.3 Å². The lowest BCUT2D eigenvalue weighted by Crippen LogP contribution is -2.09. The third-order valence-corrected chi connectivity index (χ3v) is 5.23. The number of non-ortho nitro benzene ring substituents is 1. The van der Waals surface area contributed by atoms with Crippen LogP contribution in [0.5, 0.6) is 23.0 Å². The predicted molar refractivity (Wildman–Crippen MR) is 133 cm³/mol. The van der Waals surface area contributed by atoms with Gasteiger partial charge in [-0.15, -0.1) is 0 Å². The first-order chi connectivity index (χ1) is 17.8. The van der Waals surface area contributed by atoms with Crippen LogP contribution in [0.3, 0.4) is 0 Å². The highest BCUT2D eigenvalue weighted by molar-refractivity contribution is 6.04. The fraction of sp³-hybridized carbons (Fsp3) is 0.148. The van der Waals surface area contributed by atoms with Gasteiger partial charge in [0.2, 0.25) is 5.75 Å². The fourth-order valence-corrected chi connectivity index (χ4v) is 3.37. The highest BCUT2D eigenvalue weighted by Crippen LogP contribution is 2.38. The maximum absolute atomic E-state index is 12.8. The minimum absolute atomic E-state index is 0.0552. The first-order valence-corrected chi connectivity index (χ1v) is 10.8. The Balaban J connectivity index is 1.71. The van der Waals surface area contributed by atoms with Crippen LogP contribution in [0.1, 0.15) is 21.5 Å². The molecule has 0 atom stereocenters. The molecule has 0 bridgehead atoms. The second-order valence-corrected chi connectivity index (χ2v) is 7.57. The van der Waals surface area contributed by atoms with Crippen LogP contribution in [-0.2, 0) is 11.2 Å². The zero-order valence-corrected chi connectivity index (χ0v) is 20.2. The van der Waals surface area contributed by atoms with Crippen LogP contribution in [0.2, 0.25) is 0 Å². The second kappa shape index (κ2) is 12.0. The lowest BCUT2D eigenvalue weighted by Gasteiger charge is -2.13. The molecule has 0 aliphatic rings. The smallest absolute Gasteiger partial charge is 0.343 e. The monoisotopic (exact) mass is 502 g/mol. The summed E-state index contributed by atoms with van der Waals surface area (Å²) < 4.78 is 21.2. The summed E-state index contributed by atoms with van der Waals surface area (Å²) >= 11 is 0. The van der Waals surface area contributed by atoms with Crippen LogP contribution in [0.15, 0.2) is 66.2 Å². The molecule has 0 aliphatic heterocycles. The number of methoxy groups -OCH3 is 3. The zero-order chi connectivity index (χ0) is 26.9. The van der Waals surface area contributed by atoms with Crippen LogP contribution in [0.25, 0.3) is 6.08 Å². The minimum atomic E-state index is -0.682. The van der Waals surface area contributed by atoms with Crippen LogP contribution in [0.4, 0.5) is 5.69 Å². The van der Waals surface area contributed by atoms with Crippen LogP contribution in [-0.4, -0.2) is 38.0 Å². The van der Waals surface area contributed by atoms with Gasteiger partial charge in [0, 0.05) is 18.6 Å². The van der Waals surface area contributed by atoms with Crippen LogP contribution in [0, 0.1) is 21.4 Å². The molecule has 0 radical (unpaired) electrons. The molecule has 3 rings (SSSR count). The Kier molecular flexibility index (Phi) is 8.57. The van der Waals surface area contributed by atoms with Gasteiger partial charge in [-0.25, -0.2) is 4.79 Å². The topological polar surface area (TPSA) is 138 Å². The number of hydrogen-bond acceptors (Lipinski definition) is 9. The number of esters is 1. The summed E-state index contributed by atoms with van der Waals surface area (Å²) in [6, 6.07) is 16.4. The van der Waals surface area contributed by atoms with Crippen LogP contribution < -0.4 is 18.9 Å². The van der Waals surface area contributed by atoms with E-state index in [4.69, 9.17) is 18.9 Å². The second-order valence-electron chi connectivity index (χ2n) is 7.57. The van der Waals surface area contributed by atoms with Gasteiger partial charge in [0.1, 0.15) is 11.8 Å². The maximum Gasteiger partial charge on any atom is 0.343 e. The number of nitrogens with zero attached hydrogens (tertiary/aromatic N) is 2. The molecular formula is C27H22N2O8. The number of ketones is 1. The fourth-order valence-electron chi connectivity index (χ4n) is 3.37. The van der Waals surface area contributed by atoms with Gasteiger partial charge in [0.05, 0.1) is 37.4 Å². The lowest BCUT2D eigenvalue weighted by atomic mass is 10.0. The van der Waals surface area contributed by atoms with Crippen molar-refractivity contribution in [2.45, 2.75) is 6.42 Å². The van der Waals surface area contributed by atoms with E-state index in [-0.39, 0.29) is 29.0 Å². The van der Waals surface area contributed by atoms with Crippen molar-refractivity contribution < 1.29 is 33.5 Å². The highest BCUT2D eigenvalue weighted by Gasteiger charge is 2.16. The average Bonchev–Trinajstić information content (AvgIpc) is 2.91. The number of nitriles is 1. The number of carbonyl (C=O) groups excluding carboxylic acids is 2. The van der Waals surface area contributed by atoms with Crippen LogP contribution >= 0.6 is 0 Å². The normalized spacial score (nSPS) is 10.7. The lowest BCUT2D eigenvalue weighted by molar-refractivity contribution is -0.384.